The van der Waals surface area contributed by atoms with Gasteiger partial charge in [-0.2, -0.15) is 13.2 Å². The minimum Gasteiger partial charge on any atom is -0.314 e. The first kappa shape index (κ1) is 13.8. The monoisotopic (exact) mass is 238 g/mol. The first-order valence-electron chi connectivity index (χ1n) is 5.87. The standard InChI is InChI=1S/C11H21F3N2/c1-9(10-4-5-10)15-6-3-7-16(2)8-11(12,13)14/h9-10,15H,3-8H2,1-2H3. The Morgan fingerprint density at radius 2 is 2.00 bits per heavy atom. The normalized spacial score (nSPS) is 19.1. The number of rotatable bonds is 7. The van der Waals surface area contributed by atoms with Crippen LogP contribution in [0, 0.1) is 5.92 Å². The zero-order chi connectivity index (χ0) is 12.2. The molecular weight excluding hydrogens is 217 g/mol. The van der Waals surface area contributed by atoms with E-state index in [0.717, 1.165) is 18.9 Å². The lowest BCUT2D eigenvalue weighted by atomic mass is 10.2. The number of alkyl halides is 3. The highest BCUT2D eigenvalue weighted by atomic mass is 19.4. The van der Waals surface area contributed by atoms with E-state index in [4.69, 9.17) is 0 Å². The lowest BCUT2D eigenvalue weighted by Gasteiger charge is -2.19. The van der Waals surface area contributed by atoms with Crippen LogP contribution in [0.25, 0.3) is 0 Å². The molecule has 0 heterocycles. The molecule has 1 atom stereocenters. The molecule has 0 radical (unpaired) electrons. The highest BCUT2D eigenvalue weighted by Gasteiger charge is 2.29. The Hall–Kier alpha value is -0.290. The molecule has 1 unspecified atom stereocenters. The summed E-state index contributed by atoms with van der Waals surface area (Å²) in [6.45, 7) is 2.63. The average molecular weight is 238 g/mol. The van der Waals surface area contributed by atoms with Crippen LogP contribution in [0.1, 0.15) is 26.2 Å². The Labute approximate surface area is 95.2 Å². The average Bonchev–Trinajstić information content (AvgIpc) is 2.91. The number of halogens is 3. The smallest absolute Gasteiger partial charge is 0.314 e. The first-order chi connectivity index (χ1) is 7.38. The summed E-state index contributed by atoms with van der Waals surface area (Å²) >= 11 is 0. The van der Waals surface area contributed by atoms with Gasteiger partial charge in [-0.1, -0.05) is 0 Å². The molecule has 1 aliphatic carbocycles. The van der Waals surface area contributed by atoms with E-state index in [1.807, 2.05) is 0 Å². The summed E-state index contributed by atoms with van der Waals surface area (Å²) in [5.74, 6) is 0.799. The largest absolute Gasteiger partial charge is 0.401 e. The molecule has 1 saturated carbocycles. The molecule has 96 valence electrons. The van der Waals surface area contributed by atoms with E-state index in [0.29, 0.717) is 12.6 Å². The Bertz CT molecular complexity index is 202. The van der Waals surface area contributed by atoms with Gasteiger partial charge < -0.3 is 5.32 Å². The number of hydrogen-bond donors (Lipinski definition) is 1. The van der Waals surface area contributed by atoms with E-state index in [1.165, 1.54) is 24.8 Å². The van der Waals surface area contributed by atoms with Gasteiger partial charge in [-0.05, 0) is 52.2 Å². The maximum absolute atomic E-state index is 12.0. The molecule has 1 rings (SSSR count). The molecule has 1 N–H and O–H groups in total. The van der Waals surface area contributed by atoms with E-state index in [2.05, 4.69) is 12.2 Å². The van der Waals surface area contributed by atoms with Crippen molar-refractivity contribution in [3.8, 4) is 0 Å². The molecule has 0 bridgehead atoms. The highest BCUT2D eigenvalue weighted by Crippen LogP contribution is 2.32. The third-order valence-corrected chi connectivity index (χ3v) is 2.96. The third kappa shape index (κ3) is 6.33. The van der Waals surface area contributed by atoms with Gasteiger partial charge in [0.25, 0.3) is 0 Å². The first-order valence-corrected chi connectivity index (χ1v) is 5.87. The van der Waals surface area contributed by atoms with Crippen LogP contribution in [0.3, 0.4) is 0 Å². The van der Waals surface area contributed by atoms with Gasteiger partial charge in [0.2, 0.25) is 0 Å². The predicted molar refractivity (Wildman–Crippen MR) is 58.4 cm³/mol. The summed E-state index contributed by atoms with van der Waals surface area (Å²) in [4.78, 5) is 1.32. The van der Waals surface area contributed by atoms with Crippen molar-refractivity contribution in [2.75, 3.05) is 26.7 Å². The second-order valence-electron chi connectivity index (χ2n) is 4.79. The molecule has 0 saturated heterocycles. The zero-order valence-electron chi connectivity index (χ0n) is 9.98. The van der Waals surface area contributed by atoms with Gasteiger partial charge in [-0.15, -0.1) is 0 Å². The maximum atomic E-state index is 12.0. The SMILES string of the molecule is CC(NCCCN(C)CC(F)(F)F)C1CC1. The summed E-state index contributed by atoms with van der Waals surface area (Å²) in [5.41, 5.74) is 0. The molecule has 0 aromatic carbocycles. The van der Waals surface area contributed by atoms with Gasteiger partial charge in [0, 0.05) is 6.04 Å². The van der Waals surface area contributed by atoms with Gasteiger partial charge in [-0.25, -0.2) is 0 Å². The summed E-state index contributed by atoms with van der Waals surface area (Å²) in [6.07, 6.45) is -0.725. The zero-order valence-corrected chi connectivity index (χ0v) is 9.98. The lowest BCUT2D eigenvalue weighted by Crippen LogP contribution is -2.34. The van der Waals surface area contributed by atoms with Crippen LogP contribution in [0.15, 0.2) is 0 Å². The van der Waals surface area contributed by atoms with Crippen molar-refractivity contribution in [1.82, 2.24) is 10.2 Å². The van der Waals surface area contributed by atoms with Gasteiger partial charge in [-0.3, -0.25) is 4.90 Å². The van der Waals surface area contributed by atoms with Crippen molar-refractivity contribution in [2.45, 2.75) is 38.4 Å². The quantitative estimate of drug-likeness (QED) is 0.684. The molecular formula is C11H21F3N2. The van der Waals surface area contributed by atoms with Crippen LogP contribution in [0.4, 0.5) is 13.2 Å². The molecule has 16 heavy (non-hydrogen) atoms. The molecule has 0 aromatic heterocycles. The van der Waals surface area contributed by atoms with E-state index in [1.54, 1.807) is 0 Å². The predicted octanol–water partition coefficient (Wildman–Crippen LogP) is 2.26. The molecule has 5 heteroatoms. The molecule has 0 aromatic rings. The highest BCUT2D eigenvalue weighted by molar-refractivity contribution is 4.83. The maximum Gasteiger partial charge on any atom is 0.401 e. The lowest BCUT2D eigenvalue weighted by molar-refractivity contribution is -0.143. The molecule has 0 aliphatic heterocycles. The second-order valence-corrected chi connectivity index (χ2v) is 4.79. The second kappa shape index (κ2) is 5.87. The summed E-state index contributed by atoms with van der Waals surface area (Å²) in [5, 5.41) is 3.35. The Morgan fingerprint density at radius 3 is 2.50 bits per heavy atom. The fraction of sp³-hybridized carbons (Fsp3) is 1.00. The van der Waals surface area contributed by atoms with Crippen LogP contribution >= 0.6 is 0 Å². The molecule has 0 amide bonds. The summed E-state index contributed by atoms with van der Waals surface area (Å²) < 4.78 is 36.0. The summed E-state index contributed by atoms with van der Waals surface area (Å²) in [6, 6.07) is 0.521. The molecule has 1 fully saturated rings. The Kier molecular flexibility index (Phi) is 5.05. The fourth-order valence-electron chi connectivity index (χ4n) is 1.83. The van der Waals surface area contributed by atoms with E-state index >= 15 is 0 Å². The summed E-state index contributed by atoms with van der Waals surface area (Å²) in [7, 11) is 1.51. The number of nitrogens with zero attached hydrogens (tertiary/aromatic N) is 1. The van der Waals surface area contributed by atoms with E-state index < -0.39 is 12.7 Å². The van der Waals surface area contributed by atoms with Crippen molar-refractivity contribution < 1.29 is 13.2 Å². The minimum absolute atomic E-state index is 0.490. The van der Waals surface area contributed by atoms with Gasteiger partial charge in [0.1, 0.15) is 0 Å². The van der Waals surface area contributed by atoms with E-state index in [9.17, 15) is 13.2 Å². The van der Waals surface area contributed by atoms with E-state index in [-0.39, 0.29) is 0 Å². The topological polar surface area (TPSA) is 15.3 Å². The van der Waals surface area contributed by atoms with Crippen LogP contribution in [-0.2, 0) is 0 Å². The van der Waals surface area contributed by atoms with Crippen LogP contribution in [0.2, 0.25) is 0 Å². The third-order valence-electron chi connectivity index (χ3n) is 2.96. The molecule has 2 nitrogen and oxygen atoms in total. The van der Waals surface area contributed by atoms with Gasteiger partial charge >= 0.3 is 6.18 Å². The van der Waals surface area contributed by atoms with Crippen molar-refractivity contribution in [3.63, 3.8) is 0 Å². The molecule has 1 aliphatic rings. The fourth-order valence-corrected chi connectivity index (χ4v) is 1.83. The molecule has 0 spiro atoms. The minimum atomic E-state index is -4.08. The van der Waals surface area contributed by atoms with Crippen molar-refractivity contribution in [2.24, 2.45) is 5.92 Å². The number of nitrogens with one attached hydrogen (secondary N) is 1. The van der Waals surface area contributed by atoms with Gasteiger partial charge in [0.15, 0.2) is 0 Å². The number of hydrogen-bond acceptors (Lipinski definition) is 2. The Morgan fingerprint density at radius 1 is 1.38 bits per heavy atom. The van der Waals surface area contributed by atoms with Crippen LogP contribution in [-0.4, -0.2) is 43.8 Å². The van der Waals surface area contributed by atoms with Crippen molar-refractivity contribution in [1.29, 1.82) is 0 Å². The Balaban J connectivity index is 1.97. The van der Waals surface area contributed by atoms with Crippen LogP contribution < -0.4 is 5.32 Å². The van der Waals surface area contributed by atoms with Gasteiger partial charge in [0.05, 0.1) is 6.54 Å². The van der Waals surface area contributed by atoms with Crippen molar-refractivity contribution in [3.05, 3.63) is 0 Å². The van der Waals surface area contributed by atoms with Crippen LogP contribution in [0.5, 0.6) is 0 Å². The van der Waals surface area contributed by atoms with Crippen molar-refractivity contribution >= 4 is 0 Å².